The van der Waals surface area contributed by atoms with Gasteiger partial charge in [-0.15, -0.1) is 0 Å². The average Bonchev–Trinajstić information content (AvgIpc) is 2.54. The zero-order chi connectivity index (χ0) is 16.6. The Morgan fingerprint density at radius 1 is 1.04 bits per heavy atom. The van der Waals surface area contributed by atoms with E-state index in [0.29, 0.717) is 5.39 Å². The van der Waals surface area contributed by atoms with Crippen molar-refractivity contribution < 1.29 is 0 Å². The van der Waals surface area contributed by atoms with Gasteiger partial charge in [-0.2, -0.15) is 0 Å². The molecule has 0 amide bonds. The third kappa shape index (κ3) is 2.62. The molecule has 0 saturated carbocycles. The molecule has 0 aliphatic rings. The van der Waals surface area contributed by atoms with Crippen molar-refractivity contribution in [3.63, 3.8) is 0 Å². The fraction of sp³-hybridized carbons (Fsp3) is 0.211. The Balaban J connectivity index is 2.47. The summed E-state index contributed by atoms with van der Waals surface area (Å²) in [4.78, 5) is 15.2. The highest BCUT2D eigenvalue weighted by Crippen LogP contribution is 2.26. The largest absolute Gasteiger partial charge is 0.377 e. The van der Waals surface area contributed by atoms with Gasteiger partial charge in [-0.25, -0.2) is 0 Å². The summed E-state index contributed by atoms with van der Waals surface area (Å²) < 4.78 is 1.72. The van der Waals surface area contributed by atoms with E-state index in [-0.39, 0.29) is 11.6 Å². The quantitative estimate of drug-likeness (QED) is 0.809. The zero-order valence-electron chi connectivity index (χ0n) is 13.7. The van der Waals surface area contributed by atoms with Crippen LogP contribution < -0.4 is 16.2 Å². The SMILES string of the molecule is CC(N)c1cc2cccc(N(C)C)c2c(=O)n1-c1ccccc1. The Kier molecular flexibility index (Phi) is 3.92. The second-order valence-corrected chi connectivity index (χ2v) is 5.97. The Bertz CT molecular complexity index is 896. The molecule has 2 aromatic carbocycles. The van der Waals surface area contributed by atoms with Crippen molar-refractivity contribution >= 4 is 16.5 Å². The van der Waals surface area contributed by atoms with Gasteiger partial charge in [0.05, 0.1) is 5.39 Å². The fourth-order valence-corrected chi connectivity index (χ4v) is 2.91. The Morgan fingerprint density at radius 2 is 1.74 bits per heavy atom. The molecular weight excluding hydrogens is 286 g/mol. The molecule has 3 aromatic rings. The first-order valence-electron chi connectivity index (χ1n) is 7.67. The topological polar surface area (TPSA) is 51.3 Å². The van der Waals surface area contributed by atoms with E-state index in [9.17, 15) is 4.79 Å². The highest BCUT2D eigenvalue weighted by Gasteiger charge is 2.16. The van der Waals surface area contributed by atoms with Crippen LogP contribution in [0.15, 0.2) is 59.4 Å². The summed E-state index contributed by atoms with van der Waals surface area (Å²) >= 11 is 0. The molecule has 118 valence electrons. The lowest BCUT2D eigenvalue weighted by molar-refractivity contribution is 0.734. The lowest BCUT2D eigenvalue weighted by atomic mass is 10.1. The third-order valence-corrected chi connectivity index (χ3v) is 4.02. The van der Waals surface area contributed by atoms with Gasteiger partial charge >= 0.3 is 0 Å². The minimum atomic E-state index is -0.240. The molecule has 1 atom stereocenters. The van der Waals surface area contributed by atoms with Gasteiger partial charge in [0.15, 0.2) is 0 Å². The van der Waals surface area contributed by atoms with Crippen LogP contribution in [0.25, 0.3) is 16.5 Å². The Morgan fingerprint density at radius 3 is 2.35 bits per heavy atom. The first kappa shape index (κ1) is 15.3. The highest BCUT2D eigenvalue weighted by molar-refractivity contribution is 5.94. The summed E-state index contributed by atoms with van der Waals surface area (Å²) in [7, 11) is 3.89. The first-order valence-corrected chi connectivity index (χ1v) is 7.67. The number of nitrogens with two attached hydrogens (primary N) is 1. The van der Waals surface area contributed by atoms with Crippen molar-refractivity contribution in [3.05, 3.63) is 70.6 Å². The van der Waals surface area contributed by atoms with Crippen LogP contribution >= 0.6 is 0 Å². The number of nitrogens with zero attached hydrogens (tertiary/aromatic N) is 2. The molecule has 1 unspecified atom stereocenters. The molecule has 0 radical (unpaired) electrons. The minimum Gasteiger partial charge on any atom is -0.377 e. The maximum Gasteiger partial charge on any atom is 0.265 e. The number of para-hydroxylation sites is 1. The minimum absolute atomic E-state index is 0.0368. The molecule has 0 fully saturated rings. The standard InChI is InChI=1S/C19H21N3O/c1-13(20)17-12-14-8-7-11-16(21(2)3)18(14)19(23)22(17)15-9-5-4-6-10-15/h4-13H,20H2,1-3H3. The molecule has 0 saturated heterocycles. The number of aromatic nitrogens is 1. The van der Waals surface area contributed by atoms with E-state index in [1.807, 2.05) is 80.5 Å². The van der Waals surface area contributed by atoms with Gasteiger partial charge in [0, 0.05) is 37.2 Å². The van der Waals surface area contributed by atoms with E-state index < -0.39 is 0 Å². The molecule has 0 bridgehead atoms. The molecule has 2 N–H and O–H groups in total. The van der Waals surface area contributed by atoms with Crippen LogP contribution in [0.1, 0.15) is 18.7 Å². The summed E-state index contributed by atoms with van der Waals surface area (Å²) in [5.74, 6) is 0. The van der Waals surface area contributed by atoms with Crippen LogP contribution in [0.4, 0.5) is 5.69 Å². The predicted molar refractivity (Wildman–Crippen MR) is 96.5 cm³/mol. The molecule has 1 aromatic heterocycles. The van der Waals surface area contributed by atoms with Gasteiger partial charge in [0.25, 0.3) is 5.56 Å². The van der Waals surface area contributed by atoms with E-state index in [1.54, 1.807) is 4.57 Å². The van der Waals surface area contributed by atoms with Crippen molar-refractivity contribution in [3.8, 4) is 5.69 Å². The smallest absolute Gasteiger partial charge is 0.265 e. The molecule has 4 heteroatoms. The van der Waals surface area contributed by atoms with Gasteiger partial charge < -0.3 is 10.6 Å². The second kappa shape index (κ2) is 5.89. The molecule has 3 rings (SSSR count). The van der Waals surface area contributed by atoms with Crippen molar-refractivity contribution in [2.45, 2.75) is 13.0 Å². The zero-order valence-corrected chi connectivity index (χ0v) is 13.7. The van der Waals surface area contributed by atoms with Crippen molar-refractivity contribution in [1.82, 2.24) is 4.57 Å². The van der Waals surface area contributed by atoms with E-state index in [4.69, 9.17) is 5.73 Å². The van der Waals surface area contributed by atoms with Crippen molar-refractivity contribution in [1.29, 1.82) is 0 Å². The summed E-state index contributed by atoms with van der Waals surface area (Å²) in [5, 5.41) is 1.63. The lowest BCUT2D eigenvalue weighted by Crippen LogP contribution is -2.27. The van der Waals surface area contributed by atoms with Crippen molar-refractivity contribution in [2.75, 3.05) is 19.0 Å². The number of hydrogen-bond acceptors (Lipinski definition) is 3. The van der Waals surface area contributed by atoms with E-state index in [0.717, 1.165) is 22.5 Å². The molecule has 0 aliphatic heterocycles. The monoisotopic (exact) mass is 307 g/mol. The van der Waals surface area contributed by atoms with E-state index in [1.165, 1.54) is 0 Å². The number of rotatable bonds is 3. The predicted octanol–water partition coefficient (Wildman–Crippen LogP) is 3.08. The van der Waals surface area contributed by atoms with Crippen LogP contribution in [0.3, 0.4) is 0 Å². The molecule has 4 nitrogen and oxygen atoms in total. The van der Waals surface area contributed by atoms with Crippen LogP contribution in [-0.2, 0) is 0 Å². The lowest BCUT2D eigenvalue weighted by Gasteiger charge is -2.20. The van der Waals surface area contributed by atoms with Crippen molar-refractivity contribution in [2.24, 2.45) is 5.73 Å². The van der Waals surface area contributed by atoms with Crippen LogP contribution in [0, 0.1) is 0 Å². The van der Waals surface area contributed by atoms with Gasteiger partial charge in [-0.05, 0) is 36.6 Å². The second-order valence-electron chi connectivity index (χ2n) is 5.97. The summed E-state index contributed by atoms with van der Waals surface area (Å²) in [6, 6.07) is 17.3. The molecule has 0 spiro atoms. The highest BCUT2D eigenvalue weighted by atomic mass is 16.1. The van der Waals surface area contributed by atoms with Crippen LogP contribution in [0.2, 0.25) is 0 Å². The average molecular weight is 307 g/mol. The first-order chi connectivity index (χ1) is 11.0. The van der Waals surface area contributed by atoms with Crippen LogP contribution in [-0.4, -0.2) is 18.7 Å². The van der Waals surface area contributed by atoms with Gasteiger partial charge in [0.1, 0.15) is 0 Å². The number of hydrogen-bond donors (Lipinski definition) is 1. The molecule has 23 heavy (non-hydrogen) atoms. The van der Waals surface area contributed by atoms with Gasteiger partial charge in [0.2, 0.25) is 0 Å². The Hall–Kier alpha value is -2.59. The normalized spacial score (nSPS) is 12.3. The third-order valence-electron chi connectivity index (χ3n) is 4.02. The number of benzene rings is 2. The number of fused-ring (bicyclic) bond motifs is 1. The maximum absolute atomic E-state index is 13.3. The fourth-order valence-electron chi connectivity index (χ4n) is 2.91. The number of pyridine rings is 1. The molecule has 1 heterocycles. The van der Waals surface area contributed by atoms with Crippen LogP contribution in [0.5, 0.6) is 0 Å². The van der Waals surface area contributed by atoms with E-state index >= 15 is 0 Å². The summed E-state index contributed by atoms with van der Waals surface area (Å²) in [6.45, 7) is 1.90. The molecule has 0 aliphatic carbocycles. The van der Waals surface area contributed by atoms with Gasteiger partial charge in [-0.3, -0.25) is 9.36 Å². The summed E-state index contributed by atoms with van der Waals surface area (Å²) in [5.41, 5.74) is 8.66. The Labute approximate surface area is 135 Å². The maximum atomic E-state index is 13.3. The molecular formula is C19H21N3O. The number of anilines is 1. The van der Waals surface area contributed by atoms with Gasteiger partial charge in [-0.1, -0.05) is 30.3 Å². The summed E-state index contributed by atoms with van der Waals surface area (Å²) in [6.07, 6.45) is 0. The van der Waals surface area contributed by atoms with E-state index in [2.05, 4.69) is 0 Å².